The molecule has 0 saturated carbocycles. The predicted molar refractivity (Wildman–Crippen MR) is 34.5 cm³/mol. The first-order chi connectivity index (χ1) is 4.35. The first kappa shape index (κ1) is 18.1. The van der Waals surface area contributed by atoms with Crippen LogP contribution in [-0.4, -0.2) is 23.1 Å². The van der Waals surface area contributed by atoms with Gasteiger partial charge in [-0.05, 0) is 0 Å². The van der Waals surface area contributed by atoms with Gasteiger partial charge in [-0.3, -0.25) is 0 Å². The monoisotopic (exact) mass is 235 g/mol. The van der Waals surface area contributed by atoms with Crippen LogP contribution in [0.5, 0.6) is 0 Å². The predicted octanol–water partition coefficient (Wildman–Crippen LogP) is -4.71. The van der Waals surface area contributed by atoms with Gasteiger partial charge in [0.2, 0.25) is 0 Å². The summed E-state index contributed by atoms with van der Waals surface area (Å²) in [5, 5.41) is 0. The molecule has 0 saturated heterocycles. The molecule has 0 radical (unpaired) electrons. The topological polar surface area (TPSA) is 12.5 Å². The number of halogens is 2. The zero-order chi connectivity index (χ0) is 7.11. The van der Waals surface area contributed by atoms with Crippen LogP contribution in [0.2, 0.25) is 0 Å². The Kier molecular flexibility index (Phi) is 22.7. The Hall–Kier alpha value is 1.21. The van der Waals surface area contributed by atoms with Crippen molar-refractivity contribution in [2.45, 2.75) is 20.8 Å². The van der Waals surface area contributed by atoms with Crippen molar-refractivity contribution >= 4 is 0 Å². The van der Waals surface area contributed by atoms with Gasteiger partial charge in [-0.15, -0.1) is 0 Å². The fourth-order valence-electron chi connectivity index (χ4n) is 0.509. The van der Waals surface area contributed by atoms with Crippen LogP contribution in [0.1, 0.15) is 20.8 Å². The first-order valence-corrected chi connectivity index (χ1v) is 4.81. The van der Waals surface area contributed by atoms with Crippen molar-refractivity contribution in [3.8, 4) is 0 Å². The van der Waals surface area contributed by atoms with Crippen molar-refractivity contribution in [3.05, 3.63) is 0 Å². The van der Waals surface area contributed by atoms with Crippen molar-refractivity contribution in [3.63, 3.8) is 0 Å². The number of hydrogen-bond donors (Lipinski definition) is 0. The summed E-state index contributed by atoms with van der Waals surface area (Å²) < 4.78 is 7.69. The molecule has 11 heavy (non-hydrogen) atoms. The number of rotatable bonds is 5. The second-order valence-electron chi connectivity index (χ2n) is 1.70. The van der Waals surface area contributed by atoms with Gasteiger partial charge in [0.25, 0.3) is 0 Å². The number of hydrogen-bond acceptors (Lipinski definition) is 2. The molecule has 0 heterocycles. The fraction of sp³-hybridized carbons (Fsp3) is 1.00. The van der Waals surface area contributed by atoms with Crippen LogP contribution in [0.15, 0.2) is 0 Å². The Labute approximate surface area is 91.6 Å². The van der Waals surface area contributed by atoms with Gasteiger partial charge in [0.05, 0.1) is 0 Å². The van der Waals surface area contributed by atoms with E-state index in [1.165, 1.54) is 0 Å². The third-order valence-corrected chi connectivity index (χ3v) is 3.14. The van der Waals surface area contributed by atoms with E-state index in [0.29, 0.717) is 0 Å². The Morgan fingerprint density at radius 2 is 1.55 bits per heavy atom. The molecule has 68 valence electrons. The molecule has 0 atom stereocenters. The molecule has 0 aliphatic heterocycles. The maximum absolute atomic E-state index is 5.33. The largest absolute Gasteiger partial charge is 1.00 e. The molecular formula is C6H15Cl2NOTi. The van der Waals surface area contributed by atoms with Crippen molar-refractivity contribution in [1.82, 2.24) is 3.38 Å². The van der Waals surface area contributed by atoms with E-state index in [2.05, 4.69) is 17.2 Å². The Balaban J connectivity index is -0.000000320. The average molecular weight is 236 g/mol. The van der Waals surface area contributed by atoms with Gasteiger partial charge in [-0.2, -0.15) is 0 Å². The smallest absolute Gasteiger partial charge is 1.00 e. The molecule has 0 amide bonds. The molecule has 0 aromatic heterocycles. The van der Waals surface area contributed by atoms with E-state index >= 15 is 0 Å². The quantitative estimate of drug-likeness (QED) is 0.445. The molecule has 0 unspecified atom stereocenters. The molecule has 0 N–H and O–H groups in total. The molecule has 0 aliphatic rings. The van der Waals surface area contributed by atoms with Crippen LogP contribution in [0.25, 0.3) is 0 Å². The van der Waals surface area contributed by atoms with E-state index < -0.39 is 0 Å². The van der Waals surface area contributed by atoms with Crippen LogP contribution in [0.3, 0.4) is 0 Å². The van der Waals surface area contributed by atoms with Gasteiger partial charge in [0.1, 0.15) is 0 Å². The normalized spacial score (nSPS) is 8.00. The molecular weight excluding hydrogens is 221 g/mol. The van der Waals surface area contributed by atoms with Gasteiger partial charge in [0, 0.05) is 0 Å². The third-order valence-electron chi connectivity index (χ3n) is 1.10. The summed E-state index contributed by atoms with van der Waals surface area (Å²) in [6.45, 7) is 9.54. The molecule has 0 aromatic carbocycles. The molecule has 0 fully saturated rings. The maximum atomic E-state index is 5.33. The summed E-state index contributed by atoms with van der Waals surface area (Å²) in [5.74, 6) is 0. The summed E-state index contributed by atoms with van der Waals surface area (Å²) >= 11 is -0.229. The minimum absolute atomic E-state index is 0. The molecule has 0 spiro atoms. The average Bonchev–Trinajstić information content (AvgIpc) is 1.91. The number of nitrogens with zero attached hydrogens (tertiary/aromatic N) is 1. The summed E-state index contributed by atoms with van der Waals surface area (Å²) in [6.07, 6.45) is 0. The zero-order valence-electron chi connectivity index (χ0n) is 7.23. The van der Waals surface area contributed by atoms with Crippen molar-refractivity contribution < 1.29 is 47.9 Å². The van der Waals surface area contributed by atoms with Gasteiger partial charge < -0.3 is 24.8 Å². The molecule has 0 aliphatic carbocycles. The van der Waals surface area contributed by atoms with Gasteiger partial charge in [-0.1, -0.05) is 0 Å². The van der Waals surface area contributed by atoms with Crippen molar-refractivity contribution in [2.75, 3.05) is 19.7 Å². The van der Waals surface area contributed by atoms with Gasteiger partial charge in [-0.25, -0.2) is 0 Å². The second-order valence-corrected chi connectivity index (χ2v) is 3.42. The fourth-order valence-corrected chi connectivity index (χ4v) is 1.40. The van der Waals surface area contributed by atoms with Crippen LogP contribution >= 0.6 is 0 Å². The first-order valence-electron chi connectivity index (χ1n) is 3.47. The van der Waals surface area contributed by atoms with E-state index in [1.807, 2.05) is 6.92 Å². The summed E-state index contributed by atoms with van der Waals surface area (Å²) in [6, 6.07) is 0. The Morgan fingerprint density at radius 1 is 1.09 bits per heavy atom. The Bertz CT molecular complexity index is 64.5. The van der Waals surface area contributed by atoms with Crippen LogP contribution in [0.4, 0.5) is 0 Å². The van der Waals surface area contributed by atoms with E-state index in [9.17, 15) is 0 Å². The van der Waals surface area contributed by atoms with Crippen LogP contribution in [-0.2, 0) is 23.1 Å². The molecule has 0 aromatic rings. The molecule has 5 heteroatoms. The van der Waals surface area contributed by atoms with Gasteiger partial charge >= 0.3 is 67.0 Å². The summed E-state index contributed by atoms with van der Waals surface area (Å²) in [7, 11) is 0. The SMILES string of the molecule is CC[O][Ti+2][N](CC)CC.[Cl-].[Cl-]. The minimum Gasteiger partial charge on any atom is -1.00 e. The van der Waals surface area contributed by atoms with Crippen molar-refractivity contribution in [1.29, 1.82) is 0 Å². The van der Waals surface area contributed by atoms with E-state index in [1.54, 1.807) is 0 Å². The van der Waals surface area contributed by atoms with Gasteiger partial charge in [0.15, 0.2) is 0 Å². The second kappa shape index (κ2) is 13.8. The van der Waals surface area contributed by atoms with E-state index in [0.717, 1.165) is 19.7 Å². The summed E-state index contributed by atoms with van der Waals surface area (Å²) in [5.41, 5.74) is 0. The third kappa shape index (κ3) is 11.2. The standard InChI is InChI=1S/C4H10N.C2H5O.2ClH.Ti/c1-3-5-4-2;1-2-3;;;/h3-4H2,1-2H3;2H2,1H3;2*1H;/q2*-1;;;+4/p-2. The Morgan fingerprint density at radius 3 is 1.82 bits per heavy atom. The minimum atomic E-state index is -0.229. The zero-order valence-corrected chi connectivity index (χ0v) is 10.3. The van der Waals surface area contributed by atoms with E-state index in [-0.39, 0.29) is 44.6 Å². The molecule has 2 nitrogen and oxygen atoms in total. The summed E-state index contributed by atoms with van der Waals surface area (Å²) in [4.78, 5) is 0. The van der Waals surface area contributed by atoms with Crippen LogP contribution in [0, 0.1) is 0 Å². The van der Waals surface area contributed by atoms with E-state index in [4.69, 9.17) is 3.32 Å². The van der Waals surface area contributed by atoms with Crippen LogP contribution < -0.4 is 24.8 Å². The van der Waals surface area contributed by atoms with Crippen molar-refractivity contribution in [2.24, 2.45) is 0 Å². The maximum Gasteiger partial charge on any atom is -1.00 e. The molecule has 0 rings (SSSR count). The molecule has 0 bridgehead atoms.